The molecule has 0 saturated carbocycles. The summed E-state index contributed by atoms with van der Waals surface area (Å²) in [5, 5.41) is 5.79. The largest absolute Gasteiger partial charge is 0.381 e. The van der Waals surface area contributed by atoms with Crippen LogP contribution in [0, 0.1) is 12.7 Å². The van der Waals surface area contributed by atoms with Gasteiger partial charge in [0.05, 0.1) is 0 Å². The zero-order chi connectivity index (χ0) is 20.1. The highest BCUT2D eigenvalue weighted by Gasteiger charge is 2.35. The number of anilines is 1. The maximum atomic E-state index is 13.3. The summed E-state index contributed by atoms with van der Waals surface area (Å²) < 4.78 is 18.8. The predicted octanol–water partition coefficient (Wildman–Crippen LogP) is 3.59. The minimum absolute atomic E-state index is 0.267. The van der Waals surface area contributed by atoms with Crippen molar-refractivity contribution in [3.8, 4) is 0 Å². The summed E-state index contributed by atoms with van der Waals surface area (Å²) in [6.07, 6.45) is 1.35. The number of aryl methyl sites for hydroxylation is 1. The van der Waals surface area contributed by atoms with Crippen LogP contribution in [0.3, 0.4) is 0 Å². The van der Waals surface area contributed by atoms with E-state index in [-0.39, 0.29) is 12.4 Å². The first kappa shape index (κ1) is 20.3. The highest BCUT2D eigenvalue weighted by molar-refractivity contribution is 6.40. The number of halogens is 2. The fraction of sp³-hybridized carbons (Fsp3) is 0.333. The second kappa shape index (κ2) is 8.71. The number of ether oxygens (including phenoxy) is 1. The number of nitrogens with one attached hydrogen (secondary N) is 2. The lowest BCUT2D eigenvalue weighted by atomic mass is 9.74. The third-order valence-electron chi connectivity index (χ3n) is 5.15. The molecule has 28 heavy (non-hydrogen) atoms. The molecule has 3 rings (SSSR count). The van der Waals surface area contributed by atoms with Crippen molar-refractivity contribution in [2.75, 3.05) is 25.1 Å². The SMILES string of the molecule is Cc1ccc(Cl)cc1NC(=O)C(=O)NCC1(c2ccc(F)cc2)CCOCC1. The molecule has 1 aliphatic heterocycles. The molecule has 0 radical (unpaired) electrons. The quantitative estimate of drug-likeness (QED) is 0.765. The third kappa shape index (κ3) is 4.69. The van der Waals surface area contributed by atoms with Crippen LogP contribution in [0.2, 0.25) is 5.02 Å². The summed E-state index contributed by atoms with van der Waals surface area (Å²) in [4.78, 5) is 24.7. The van der Waals surface area contributed by atoms with Gasteiger partial charge in [0.15, 0.2) is 0 Å². The molecule has 0 spiro atoms. The molecule has 2 aromatic rings. The van der Waals surface area contributed by atoms with Crippen molar-refractivity contribution in [1.29, 1.82) is 0 Å². The molecular formula is C21H22ClFN2O3. The molecule has 0 atom stereocenters. The molecule has 2 aromatic carbocycles. The molecule has 2 N–H and O–H groups in total. The van der Waals surface area contributed by atoms with E-state index in [2.05, 4.69) is 10.6 Å². The topological polar surface area (TPSA) is 67.4 Å². The molecule has 1 fully saturated rings. The number of carbonyl (C=O) groups is 2. The van der Waals surface area contributed by atoms with Crippen LogP contribution in [0.25, 0.3) is 0 Å². The third-order valence-corrected chi connectivity index (χ3v) is 5.38. The Morgan fingerprint density at radius 3 is 2.46 bits per heavy atom. The molecule has 1 aliphatic rings. The van der Waals surface area contributed by atoms with E-state index in [1.54, 1.807) is 30.3 Å². The molecule has 1 heterocycles. The average molecular weight is 405 g/mol. The van der Waals surface area contributed by atoms with Gasteiger partial charge >= 0.3 is 11.8 Å². The maximum absolute atomic E-state index is 13.3. The van der Waals surface area contributed by atoms with Crippen molar-refractivity contribution < 1.29 is 18.7 Å². The normalized spacial score (nSPS) is 15.7. The number of benzene rings is 2. The van der Waals surface area contributed by atoms with Gasteiger partial charge in [0.2, 0.25) is 0 Å². The molecule has 2 amide bonds. The van der Waals surface area contributed by atoms with Gasteiger partial charge in [-0.15, -0.1) is 0 Å². The van der Waals surface area contributed by atoms with Gasteiger partial charge in [-0.3, -0.25) is 9.59 Å². The second-order valence-electron chi connectivity index (χ2n) is 7.00. The van der Waals surface area contributed by atoms with Crippen molar-refractivity contribution in [2.24, 2.45) is 0 Å². The van der Waals surface area contributed by atoms with Gasteiger partial charge in [-0.1, -0.05) is 29.8 Å². The van der Waals surface area contributed by atoms with E-state index < -0.39 is 17.2 Å². The Morgan fingerprint density at radius 2 is 1.79 bits per heavy atom. The minimum atomic E-state index is -0.758. The Balaban J connectivity index is 1.69. The fourth-order valence-electron chi connectivity index (χ4n) is 3.37. The predicted molar refractivity (Wildman–Crippen MR) is 106 cm³/mol. The van der Waals surface area contributed by atoms with E-state index in [9.17, 15) is 14.0 Å². The monoisotopic (exact) mass is 404 g/mol. The van der Waals surface area contributed by atoms with Gasteiger partial charge in [0.25, 0.3) is 0 Å². The molecule has 7 heteroatoms. The first-order valence-corrected chi connectivity index (χ1v) is 9.47. The van der Waals surface area contributed by atoms with Gasteiger partial charge in [-0.25, -0.2) is 4.39 Å². The van der Waals surface area contributed by atoms with E-state index >= 15 is 0 Å². The molecular weight excluding hydrogens is 383 g/mol. The van der Waals surface area contributed by atoms with Gasteiger partial charge < -0.3 is 15.4 Å². The number of rotatable bonds is 4. The Kier molecular flexibility index (Phi) is 6.31. The Morgan fingerprint density at radius 1 is 1.11 bits per heavy atom. The van der Waals surface area contributed by atoms with Gasteiger partial charge in [-0.2, -0.15) is 0 Å². The smallest absolute Gasteiger partial charge is 0.313 e. The molecule has 0 bridgehead atoms. The van der Waals surface area contributed by atoms with E-state index in [0.29, 0.717) is 36.8 Å². The summed E-state index contributed by atoms with van der Waals surface area (Å²) in [5.74, 6) is -1.80. The molecule has 5 nitrogen and oxygen atoms in total. The van der Waals surface area contributed by atoms with E-state index in [1.165, 1.54) is 12.1 Å². The Hall–Kier alpha value is -2.44. The fourth-order valence-corrected chi connectivity index (χ4v) is 3.54. The van der Waals surface area contributed by atoms with Crippen LogP contribution in [0.15, 0.2) is 42.5 Å². The van der Waals surface area contributed by atoms with E-state index in [4.69, 9.17) is 16.3 Å². The summed E-state index contributed by atoms with van der Waals surface area (Å²) in [7, 11) is 0. The lowest BCUT2D eigenvalue weighted by Crippen LogP contribution is -2.47. The van der Waals surface area contributed by atoms with Crippen molar-refractivity contribution >= 4 is 29.1 Å². The van der Waals surface area contributed by atoms with Crippen molar-refractivity contribution in [3.63, 3.8) is 0 Å². The van der Waals surface area contributed by atoms with Gasteiger partial charge in [0, 0.05) is 35.9 Å². The van der Waals surface area contributed by atoms with E-state index in [0.717, 1.165) is 11.1 Å². The van der Waals surface area contributed by atoms with Crippen molar-refractivity contribution in [3.05, 3.63) is 64.4 Å². The van der Waals surface area contributed by atoms with Crippen LogP contribution in [0.5, 0.6) is 0 Å². The van der Waals surface area contributed by atoms with Crippen LogP contribution >= 0.6 is 11.6 Å². The van der Waals surface area contributed by atoms with E-state index in [1.807, 2.05) is 6.92 Å². The lowest BCUT2D eigenvalue weighted by molar-refractivity contribution is -0.136. The molecule has 1 saturated heterocycles. The first-order valence-electron chi connectivity index (χ1n) is 9.09. The second-order valence-corrected chi connectivity index (χ2v) is 7.43. The Bertz CT molecular complexity index is 864. The zero-order valence-electron chi connectivity index (χ0n) is 15.6. The summed E-state index contributed by atoms with van der Waals surface area (Å²) >= 11 is 5.95. The van der Waals surface area contributed by atoms with Gasteiger partial charge in [0.1, 0.15) is 5.82 Å². The Labute approximate surface area is 168 Å². The number of carbonyl (C=O) groups excluding carboxylic acids is 2. The molecule has 0 unspecified atom stereocenters. The molecule has 0 aliphatic carbocycles. The summed E-state index contributed by atoms with van der Waals surface area (Å²) in [6.45, 7) is 3.17. The van der Waals surface area contributed by atoms with Crippen LogP contribution in [0.1, 0.15) is 24.0 Å². The number of amides is 2. The van der Waals surface area contributed by atoms with Crippen molar-refractivity contribution in [1.82, 2.24) is 5.32 Å². The minimum Gasteiger partial charge on any atom is -0.381 e. The summed E-state index contributed by atoms with van der Waals surface area (Å²) in [5.41, 5.74) is 1.82. The van der Waals surface area contributed by atoms with Crippen LogP contribution < -0.4 is 10.6 Å². The standard InChI is InChI=1S/C21H22ClFN2O3/c1-14-2-5-16(22)12-18(14)25-20(27)19(26)24-13-21(8-10-28-11-9-21)15-3-6-17(23)7-4-15/h2-7,12H,8-11,13H2,1H3,(H,24,26)(H,25,27). The van der Waals surface area contributed by atoms with Crippen LogP contribution in [-0.2, 0) is 19.7 Å². The van der Waals surface area contributed by atoms with Crippen molar-refractivity contribution in [2.45, 2.75) is 25.2 Å². The maximum Gasteiger partial charge on any atom is 0.313 e. The lowest BCUT2D eigenvalue weighted by Gasteiger charge is -2.37. The zero-order valence-corrected chi connectivity index (χ0v) is 16.3. The highest BCUT2D eigenvalue weighted by atomic mass is 35.5. The number of hydrogen-bond donors (Lipinski definition) is 2. The van der Waals surface area contributed by atoms with Crippen LogP contribution in [-0.4, -0.2) is 31.6 Å². The average Bonchev–Trinajstić information content (AvgIpc) is 2.70. The van der Waals surface area contributed by atoms with Crippen LogP contribution in [0.4, 0.5) is 10.1 Å². The first-order chi connectivity index (χ1) is 13.4. The number of hydrogen-bond acceptors (Lipinski definition) is 3. The molecule has 148 valence electrons. The molecule has 0 aromatic heterocycles. The highest BCUT2D eigenvalue weighted by Crippen LogP contribution is 2.34. The summed E-state index contributed by atoms with van der Waals surface area (Å²) in [6, 6.07) is 11.3. The van der Waals surface area contributed by atoms with Gasteiger partial charge in [-0.05, 0) is 55.2 Å².